The fraction of sp³-hybridized carbons (Fsp3) is 0.174. The number of hydrogen-bond donors (Lipinski definition) is 0. The van der Waals surface area contributed by atoms with Crippen molar-refractivity contribution in [2.75, 3.05) is 10.7 Å². The number of aryl methyl sites for hydroxylation is 1. The molecule has 4 rings (SSSR count). The first-order valence-corrected chi connectivity index (χ1v) is 12.3. The van der Waals surface area contributed by atoms with Gasteiger partial charge in [0.2, 0.25) is 5.91 Å². The predicted molar refractivity (Wildman–Crippen MR) is 123 cm³/mol. The third-order valence-electron chi connectivity index (χ3n) is 4.87. The summed E-state index contributed by atoms with van der Waals surface area (Å²) < 4.78 is 26.6. The molecule has 2 heterocycles. The van der Waals surface area contributed by atoms with Crippen LogP contribution in [0.25, 0.3) is 10.2 Å². The van der Waals surface area contributed by atoms with E-state index in [-0.39, 0.29) is 11.4 Å². The van der Waals surface area contributed by atoms with Crippen molar-refractivity contribution in [3.63, 3.8) is 0 Å². The summed E-state index contributed by atoms with van der Waals surface area (Å²) in [6, 6.07) is 19.4. The highest BCUT2D eigenvalue weighted by Crippen LogP contribution is 2.32. The Bertz CT molecular complexity index is 1300. The number of hydrogen-bond acceptors (Lipinski definition) is 6. The number of pyridine rings is 1. The van der Waals surface area contributed by atoms with Gasteiger partial charge in [0.25, 0.3) is 0 Å². The standard InChI is InChI=1S/C23H21N3O3S2/c1-2-17-9-8-13-20-22(17)25-23(30-20)26(15-18-10-6-7-14-24-18)21(27)16-31(28,29)19-11-4-3-5-12-19/h3-14H,2,15-16H2,1H3. The first kappa shape index (κ1) is 21.1. The van der Waals surface area contributed by atoms with Gasteiger partial charge >= 0.3 is 0 Å². The number of benzene rings is 2. The fourth-order valence-electron chi connectivity index (χ4n) is 3.26. The number of amides is 1. The minimum atomic E-state index is -3.78. The van der Waals surface area contributed by atoms with E-state index in [1.807, 2.05) is 24.3 Å². The van der Waals surface area contributed by atoms with E-state index in [0.717, 1.165) is 22.2 Å². The van der Waals surface area contributed by atoms with Crippen molar-refractivity contribution in [2.24, 2.45) is 0 Å². The zero-order chi connectivity index (χ0) is 21.8. The van der Waals surface area contributed by atoms with Gasteiger partial charge in [-0.25, -0.2) is 13.4 Å². The number of nitrogens with zero attached hydrogens (tertiary/aromatic N) is 3. The molecule has 0 fully saturated rings. The van der Waals surface area contributed by atoms with Gasteiger partial charge < -0.3 is 0 Å². The summed E-state index contributed by atoms with van der Waals surface area (Å²) in [5.74, 6) is -1.17. The molecule has 0 N–H and O–H groups in total. The first-order valence-electron chi connectivity index (χ1n) is 9.84. The average Bonchev–Trinajstić information content (AvgIpc) is 3.22. The summed E-state index contributed by atoms with van der Waals surface area (Å²) in [5.41, 5.74) is 2.58. The lowest BCUT2D eigenvalue weighted by Gasteiger charge is -2.19. The molecule has 2 aromatic heterocycles. The molecule has 0 aliphatic carbocycles. The van der Waals surface area contributed by atoms with Crippen LogP contribution in [-0.4, -0.2) is 30.0 Å². The first-order chi connectivity index (χ1) is 15.0. The SMILES string of the molecule is CCc1cccc2sc(N(Cc3ccccn3)C(=O)CS(=O)(=O)c3ccccc3)nc12. The van der Waals surface area contributed by atoms with Crippen LogP contribution >= 0.6 is 11.3 Å². The number of thiazole rings is 1. The highest BCUT2D eigenvalue weighted by molar-refractivity contribution is 7.92. The summed E-state index contributed by atoms with van der Waals surface area (Å²) in [6.07, 6.45) is 2.46. The van der Waals surface area contributed by atoms with E-state index in [1.54, 1.807) is 36.5 Å². The lowest BCUT2D eigenvalue weighted by atomic mass is 10.1. The van der Waals surface area contributed by atoms with E-state index in [1.165, 1.54) is 28.4 Å². The molecule has 0 aliphatic rings. The molecule has 0 saturated carbocycles. The van der Waals surface area contributed by atoms with Gasteiger partial charge in [0.1, 0.15) is 5.75 Å². The Kier molecular flexibility index (Phi) is 6.11. The number of carbonyl (C=O) groups is 1. The lowest BCUT2D eigenvalue weighted by molar-refractivity contribution is -0.116. The van der Waals surface area contributed by atoms with Crippen LogP contribution in [0.15, 0.2) is 77.8 Å². The third-order valence-corrected chi connectivity index (χ3v) is 7.53. The lowest BCUT2D eigenvalue weighted by Crippen LogP contribution is -2.35. The van der Waals surface area contributed by atoms with Crippen molar-refractivity contribution >= 4 is 42.4 Å². The molecule has 2 aromatic carbocycles. The van der Waals surface area contributed by atoms with Gasteiger partial charge in [0.15, 0.2) is 15.0 Å². The number of carbonyl (C=O) groups excluding carboxylic acids is 1. The van der Waals surface area contributed by atoms with Gasteiger partial charge in [-0.05, 0) is 42.3 Å². The van der Waals surface area contributed by atoms with Crippen molar-refractivity contribution in [3.05, 3.63) is 84.2 Å². The second-order valence-corrected chi connectivity index (χ2v) is 9.99. The van der Waals surface area contributed by atoms with Gasteiger partial charge in [0.05, 0.1) is 27.4 Å². The van der Waals surface area contributed by atoms with Gasteiger partial charge in [-0.15, -0.1) is 0 Å². The average molecular weight is 452 g/mol. The fourth-order valence-corrected chi connectivity index (χ4v) is 5.51. The zero-order valence-electron chi connectivity index (χ0n) is 16.9. The molecule has 0 spiro atoms. The summed E-state index contributed by atoms with van der Waals surface area (Å²) >= 11 is 1.38. The molecule has 4 aromatic rings. The Balaban J connectivity index is 1.72. The highest BCUT2D eigenvalue weighted by atomic mass is 32.2. The van der Waals surface area contributed by atoms with E-state index < -0.39 is 21.5 Å². The maximum atomic E-state index is 13.3. The van der Waals surface area contributed by atoms with E-state index in [9.17, 15) is 13.2 Å². The van der Waals surface area contributed by atoms with Crippen LogP contribution in [0.3, 0.4) is 0 Å². The Morgan fingerprint density at radius 2 is 1.77 bits per heavy atom. The Morgan fingerprint density at radius 3 is 2.48 bits per heavy atom. The van der Waals surface area contributed by atoms with Crippen LogP contribution in [0.1, 0.15) is 18.2 Å². The summed E-state index contributed by atoms with van der Waals surface area (Å²) in [7, 11) is -3.78. The topological polar surface area (TPSA) is 80.2 Å². The van der Waals surface area contributed by atoms with Crippen LogP contribution in [-0.2, 0) is 27.6 Å². The molecular weight excluding hydrogens is 430 g/mol. The van der Waals surface area contributed by atoms with Crippen molar-refractivity contribution in [1.82, 2.24) is 9.97 Å². The summed E-state index contributed by atoms with van der Waals surface area (Å²) in [4.78, 5) is 23.8. The van der Waals surface area contributed by atoms with E-state index in [2.05, 4.69) is 11.9 Å². The monoisotopic (exact) mass is 451 g/mol. The largest absolute Gasteiger partial charge is 0.281 e. The van der Waals surface area contributed by atoms with Crippen molar-refractivity contribution < 1.29 is 13.2 Å². The molecule has 0 radical (unpaired) electrons. The molecule has 0 aliphatic heterocycles. The van der Waals surface area contributed by atoms with Crippen LogP contribution in [0.4, 0.5) is 5.13 Å². The predicted octanol–water partition coefficient (Wildman–Crippen LogP) is 4.26. The van der Waals surface area contributed by atoms with Crippen LogP contribution in [0.2, 0.25) is 0 Å². The van der Waals surface area contributed by atoms with Crippen molar-refractivity contribution in [2.45, 2.75) is 24.8 Å². The Hall–Kier alpha value is -3.10. The molecule has 158 valence electrons. The number of fused-ring (bicyclic) bond motifs is 1. The zero-order valence-corrected chi connectivity index (χ0v) is 18.6. The number of sulfone groups is 1. The van der Waals surface area contributed by atoms with Gasteiger partial charge in [0, 0.05) is 6.20 Å². The molecule has 0 atom stereocenters. The number of anilines is 1. The molecule has 6 nitrogen and oxygen atoms in total. The maximum absolute atomic E-state index is 13.3. The minimum absolute atomic E-state index is 0.124. The van der Waals surface area contributed by atoms with E-state index in [4.69, 9.17) is 4.98 Å². The second-order valence-electron chi connectivity index (χ2n) is 6.99. The molecular formula is C23H21N3O3S2. The minimum Gasteiger partial charge on any atom is -0.281 e. The van der Waals surface area contributed by atoms with Crippen molar-refractivity contribution in [1.29, 1.82) is 0 Å². The molecule has 0 unspecified atom stereocenters. The van der Waals surface area contributed by atoms with Crippen LogP contribution in [0.5, 0.6) is 0 Å². The molecule has 1 amide bonds. The number of rotatable bonds is 7. The van der Waals surface area contributed by atoms with E-state index in [0.29, 0.717) is 10.8 Å². The molecule has 0 saturated heterocycles. The Labute approximate surface area is 185 Å². The summed E-state index contributed by atoms with van der Waals surface area (Å²) in [6.45, 7) is 2.20. The number of para-hydroxylation sites is 1. The highest BCUT2D eigenvalue weighted by Gasteiger charge is 2.27. The molecule has 31 heavy (non-hydrogen) atoms. The van der Waals surface area contributed by atoms with Gasteiger partial charge in [-0.3, -0.25) is 14.7 Å². The third kappa shape index (κ3) is 4.65. The summed E-state index contributed by atoms with van der Waals surface area (Å²) in [5, 5.41) is 0.467. The smallest absolute Gasteiger partial charge is 0.244 e. The quantitative estimate of drug-likeness (QED) is 0.419. The Morgan fingerprint density at radius 1 is 1.00 bits per heavy atom. The molecule has 8 heteroatoms. The van der Waals surface area contributed by atoms with Gasteiger partial charge in [-0.2, -0.15) is 0 Å². The second kappa shape index (κ2) is 8.95. The number of aromatic nitrogens is 2. The van der Waals surface area contributed by atoms with Crippen molar-refractivity contribution in [3.8, 4) is 0 Å². The van der Waals surface area contributed by atoms with Gasteiger partial charge in [-0.1, -0.05) is 54.7 Å². The normalized spacial score (nSPS) is 11.5. The van der Waals surface area contributed by atoms with Crippen LogP contribution in [0, 0.1) is 0 Å². The van der Waals surface area contributed by atoms with Crippen LogP contribution < -0.4 is 4.90 Å². The molecule has 0 bridgehead atoms. The maximum Gasteiger partial charge on any atom is 0.244 e. The van der Waals surface area contributed by atoms with E-state index >= 15 is 0 Å².